The Labute approximate surface area is 201 Å². The summed E-state index contributed by atoms with van der Waals surface area (Å²) in [5, 5.41) is 1.19. The number of ether oxygens (including phenoxy) is 1. The van der Waals surface area contributed by atoms with Crippen molar-refractivity contribution < 1.29 is 9.53 Å². The van der Waals surface area contributed by atoms with Crippen LogP contribution in [-0.2, 0) is 22.5 Å². The molecule has 0 bridgehead atoms. The Bertz CT molecular complexity index is 1270. The minimum absolute atomic E-state index is 0.0769. The molecule has 0 amide bonds. The molecule has 0 unspecified atom stereocenters. The molecule has 0 radical (unpaired) electrons. The molecule has 2 heterocycles. The molecule has 174 valence electrons. The van der Waals surface area contributed by atoms with Crippen LogP contribution < -0.4 is 0 Å². The van der Waals surface area contributed by atoms with Crippen molar-refractivity contribution in [2.24, 2.45) is 0 Å². The Balaban J connectivity index is 1.68. The fourth-order valence-corrected chi connectivity index (χ4v) is 5.20. The second-order valence-corrected chi connectivity index (χ2v) is 9.42. The first kappa shape index (κ1) is 22.4. The maximum atomic E-state index is 13.3. The van der Waals surface area contributed by atoms with Crippen molar-refractivity contribution in [1.29, 1.82) is 0 Å². The summed E-state index contributed by atoms with van der Waals surface area (Å²) in [6.07, 6.45) is 0.631. The minimum Gasteiger partial charge on any atom is -0.465 e. The largest absolute Gasteiger partial charge is 0.465 e. The number of nitrogens with one attached hydrogen (secondary N) is 1. The van der Waals surface area contributed by atoms with E-state index < -0.39 is 0 Å². The highest BCUT2D eigenvalue weighted by atomic mass is 16.5. The van der Waals surface area contributed by atoms with Gasteiger partial charge in [-0.2, -0.15) is 0 Å². The van der Waals surface area contributed by atoms with E-state index in [1.807, 2.05) is 13.0 Å². The summed E-state index contributed by atoms with van der Waals surface area (Å²) in [4.78, 5) is 19.3. The van der Waals surface area contributed by atoms with Crippen LogP contribution >= 0.6 is 0 Å². The lowest BCUT2D eigenvalue weighted by molar-refractivity contribution is -0.151. The number of carbonyl (C=O) groups is 1. The molecule has 4 heteroatoms. The lowest BCUT2D eigenvalue weighted by Crippen LogP contribution is -2.48. The van der Waals surface area contributed by atoms with Crippen LogP contribution in [-0.4, -0.2) is 28.5 Å². The number of aromatic amines is 1. The molecule has 1 N–H and O–H groups in total. The molecule has 4 aromatic rings. The Morgan fingerprint density at radius 2 is 1.71 bits per heavy atom. The number of para-hydroxylation sites is 1. The first-order chi connectivity index (χ1) is 16.6. The van der Waals surface area contributed by atoms with Gasteiger partial charge in [-0.25, -0.2) is 0 Å². The number of H-pyrrole nitrogens is 1. The Morgan fingerprint density at radius 1 is 1.00 bits per heavy atom. The molecular formula is C30H32N2O2. The fourth-order valence-electron chi connectivity index (χ4n) is 5.20. The molecule has 1 aromatic heterocycles. The molecule has 1 aliphatic heterocycles. The number of hydrogen-bond acceptors (Lipinski definition) is 3. The second-order valence-electron chi connectivity index (χ2n) is 9.42. The van der Waals surface area contributed by atoms with E-state index in [0.717, 1.165) is 5.52 Å². The maximum absolute atomic E-state index is 13.3. The van der Waals surface area contributed by atoms with Crippen molar-refractivity contribution in [1.82, 2.24) is 9.88 Å². The number of carbonyl (C=O) groups excluding carboxylic acids is 1. The van der Waals surface area contributed by atoms with E-state index in [9.17, 15) is 4.79 Å². The highest BCUT2D eigenvalue weighted by Gasteiger charge is 2.41. The summed E-state index contributed by atoms with van der Waals surface area (Å²) >= 11 is 0. The van der Waals surface area contributed by atoms with E-state index in [1.165, 1.54) is 33.3 Å². The van der Waals surface area contributed by atoms with Gasteiger partial charge in [-0.05, 0) is 41.2 Å². The molecule has 0 saturated heterocycles. The number of hydrogen-bond donors (Lipinski definition) is 1. The standard InChI is InChI=1S/C30H32N2O2/c1-4-34-30(33)27-18-25-24-12-8-9-13-26(24)31-28(25)29(23-16-14-22(15-17-23)20(2)3)32(27)19-21-10-6-5-7-11-21/h5-17,20,27,29,31H,4,18-19H2,1-3H3/t27-,29+/m0/s1. The molecule has 2 atom stereocenters. The summed E-state index contributed by atoms with van der Waals surface area (Å²) in [6, 6.07) is 27.2. The van der Waals surface area contributed by atoms with Gasteiger partial charge in [-0.15, -0.1) is 0 Å². The highest BCUT2D eigenvalue weighted by molar-refractivity contribution is 5.87. The highest BCUT2D eigenvalue weighted by Crippen LogP contribution is 2.42. The number of aromatic nitrogens is 1. The van der Waals surface area contributed by atoms with Crippen LogP contribution in [0.3, 0.4) is 0 Å². The fraction of sp³-hybridized carbons (Fsp3) is 0.300. The van der Waals surface area contributed by atoms with Crippen molar-refractivity contribution in [3.8, 4) is 0 Å². The third kappa shape index (κ3) is 4.14. The van der Waals surface area contributed by atoms with Crippen molar-refractivity contribution in [3.05, 3.63) is 107 Å². The predicted molar refractivity (Wildman–Crippen MR) is 137 cm³/mol. The maximum Gasteiger partial charge on any atom is 0.323 e. The summed E-state index contributed by atoms with van der Waals surface area (Å²) in [5.74, 6) is 0.315. The average molecular weight is 453 g/mol. The van der Waals surface area contributed by atoms with Gasteiger partial charge < -0.3 is 9.72 Å². The van der Waals surface area contributed by atoms with Gasteiger partial charge >= 0.3 is 5.97 Å². The number of fused-ring (bicyclic) bond motifs is 3. The van der Waals surface area contributed by atoms with E-state index in [-0.39, 0.29) is 18.1 Å². The van der Waals surface area contributed by atoms with Crippen molar-refractivity contribution in [3.63, 3.8) is 0 Å². The number of esters is 1. The Morgan fingerprint density at radius 3 is 2.41 bits per heavy atom. The molecule has 3 aromatic carbocycles. The van der Waals surface area contributed by atoms with Gasteiger partial charge in [0.1, 0.15) is 6.04 Å². The van der Waals surface area contributed by atoms with Crippen LogP contribution in [0, 0.1) is 0 Å². The average Bonchev–Trinajstić information content (AvgIpc) is 3.22. The van der Waals surface area contributed by atoms with Crippen LogP contribution in [0.4, 0.5) is 0 Å². The summed E-state index contributed by atoms with van der Waals surface area (Å²) in [6.45, 7) is 7.34. The Kier molecular flexibility index (Phi) is 6.25. The van der Waals surface area contributed by atoms with Crippen LogP contribution in [0.1, 0.15) is 60.7 Å². The van der Waals surface area contributed by atoms with E-state index in [0.29, 0.717) is 25.5 Å². The molecule has 0 saturated carbocycles. The lowest BCUT2D eigenvalue weighted by atomic mass is 9.87. The van der Waals surface area contributed by atoms with Gasteiger partial charge in [0.05, 0.1) is 12.6 Å². The molecular weight excluding hydrogens is 420 g/mol. The third-order valence-electron chi connectivity index (χ3n) is 6.94. The van der Waals surface area contributed by atoms with Crippen molar-refractivity contribution >= 4 is 16.9 Å². The smallest absolute Gasteiger partial charge is 0.323 e. The van der Waals surface area contributed by atoms with Crippen LogP contribution in [0.2, 0.25) is 0 Å². The monoisotopic (exact) mass is 452 g/mol. The summed E-state index contributed by atoms with van der Waals surface area (Å²) in [5.41, 5.74) is 7.18. The number of nitrogens with zero attached hydrogens (tertiary/aromatic N) is 1. The van der Waals surface area contributed by atoms with Crippen molar-refractivity contribution in [2.45, 2.75) is 51.7 Å². The first-order valence-corrected chi connectivity index (χ1v) is 12.2. The number of rotatable bonds is 6. The molecule has 0 fully saturated rings. The zero-order valence-corrected chi connectivity index (χ0v) is 20.1. The quantitative estimate of drug-likeness (QED) is 0.346. The molecule has 5 rings (SSSR count). The minimum atomic E-state index is -0.360. The van der Waals surface area contributed by atoms with Gasteiger partial charge in [0.2, 0.25) is 0 Å². The normalized spacial score (nSPS) is 18.2. The predicted octanol–water partition coefficient (Wildman–Crippen LogP) is 6.37. The zero-order valence-electron chi connectivity index (χ0n) is 20.1. The second kappa shape index (κ2) is 9.47. The lowest BCUT2D eigenvalue weighted by Gasteiger charge is -2.41. The van der Waals surface area contributed by atoms with Gasteiger partial charge in [0, 0.05) is 29.6 Å². The summed E-state index contributed by atoms with van der Waals surface area (Å²) in [7, 11) is 0. The van der Waals surface area contributed by atoms with E-state index >= 15 is 0 Å². The van der Waals surface area contributed by atoms with Crippen molar-refractivity contribution in [2.75, 3.05) is 6.61 Å². The van der Waals surface area contributed by atoms with Crippen LogP contribution in [0.15, 0.2) is 78.9 Å². The van der Waals surface area contributed by atoms with Crippen LogP contribution in [0.25, 0.3) is 10.9 Å². The van der Waals surface area contributed by atoms with E-state index in [2.05, 4.69) is 96.5 Å². The van der Waals surface area contributed by atoms with Gasteiger partial charge in [-0.3, -0.25) is 9.69 Å². The van der Waals surface area contributed by atoms with Gasteiger partial charge in [0.15, 0.2) is 0 Å². The Hall–Kier alpha value is -3.37. The van der Waals surface area contributed by atoms with Crippen LogP contribution in [0.5, 0.6) is 0 Å². The SMILES string of the molecule is CCOC(=O)[C@@H]1Cc2c([nH]c3ccccc23)[C@@H](c2ccc(C(C)C)cc2)N1Cc1ccccc1. The van der Waals surface area contributed by atoms with Gasteiger partial charge in [-0.1, -0.05) is 86.6 Å². The third-order valence-corrected chi connectivity index (χ3v) is 6.94. The van der Waals surface area contributed by atoms with E-state index in [4.69, 9.17) is 4.74 Å². The first-order valence-electron chi connectivity index (χ1n) is 12.2. The van der Waals surface area contributed by atoms with Gasteiger partial charge in [0.25, 0.3) is 0 Å². The molecule has 34 heavy (non-hydrogen) atoms. The molecule has 4 nitrogen and oxygen atoms in total. The molecule has 0 aliphatic carbocycles. The topological polar surface area (TPSA) is 45.3 Å². The zero-order chi connectivity index (χ0) is 23.7. The van der Waals surface area contributed by atoms with E-state index in [1.54, 1.807) is 0 Å². The molecule has 1 aliphatic rings. The molecule has 0 spiro atoms. The number of benzene rings is 3. The summed E-state index contributed by atoms with van der Waals surface area (Å²) < 4.78 is 5.60.